The SMILES string of the molecule is Cc1c2c(cc3c1O/C(=C\c1ccc(Br)cc1)C3=O)CN(C(C)c1ccccc1)CO2. The first-order valence-corrected chi connectivity index (χ1v) is 11.1. The summed E-state index contributed by atoms with van der Waals surface area (Å²) in [6.07, 6.45) is 1.79. The van der Waals surface area contributed by atoms with Crippen LogP contribution >= 0.6 is 15.9 Å². The summed E-state index contributed by atoms with van der Waals surface area (Å²) in [5.74, 6) is 1.69. The lowest BCUT2D eigenvalue weighted by molar-refractivity contribution is 0.0609. The Morgan fingerprint density at radius 3 is 2.55 bits per heavy atom. The number of rotatable bonds is 3. The molecule has 4 nitrogen and oxygen atoms in total. The molecule has 0 aromatic heterocycles. The number of halogens is 1. The molecule has 3 aromatic rings. The van der Waals surface area contributed by atoms with Crippen molar-refractivity contribution in [3.63, 3.8) is 0 Å². The molecule has 1 atom stereocenters. The van der Waals surface area contributed by atoms with Gasteiger partial charge in [0.25, 0.3) is 0 Å². The van der Waals surface area contributed by atoms with E-state index in [1.165, 1.54) is 5.56 Å². The van der Waals surface area contributed by atoms with E-state index in [-0.39, 0.29) is 11.8 Å². The van der Waals surface area contributed by atoms with E-state index in [0.29, 0.717) is 23.8 Å². The van der Waals surface area contributed by atoms with E-state index < -0.39 is 0 Å². The van der Waals surface area contributed by atoms with Gasteiger partial charge in [-0.05, 0) is 49.2 Å². The van der Waals surface area contributed by atoms with Crippen LogP contribution in [0.15, 0.2) is 70.9 Å². The lowest BCUT2D eigenvalue weighted by atomic mass is 9.99. The number of benzene rings is 3. The number of ketones is 1. The van der Waals surface area contributed by atoms with Crippen molar-refractivity contribution in [3.05, 3.63) is 98.7 Å². The molecular weight excluding hydrogens is 454 g/mol. The molecule has 0 N–H and O–H groups in total. The summed E-state index contributed by atoms with van der Waals surface area (Å²) in [4.78, 5) is 15.4. The van der Waals surface area contributed by atoms with E-state index in [4.69, 9.17) is 9.47 Å². The fourth-order valence-electron chi connectivity index (χ4n) is 4.17. The maximum Gasteiger partial charge on any atom is 0.231 e. The number of nitrogens with zero attached hydrogens (tertiary/aromatic N) is 1. The van der Waals surface area contributed by atoms with Crippen LogP contribution < -0.4 is 9.47 Å². The Morgan fingerprint density at radius 1 is 1.06 bits per heavy atom. The molecular formula is C26H22BrNO3. The summed E-state index contributed by atoms with van der Waals surface area (Å²) < 4.78 is 13.1. The molecule has 0 saturated heterocycles. The molecule has 5 heteroatoms. The predicted molar refractivity (Wildman–Crippen MR) is 124 cm³/mol. The first-order valence-electron chi connectivity index (χ1n) is 10.3. The first-order chi connectivity index (χ1) is 15.0. The van der Waals surface area contributed by atoms with Crippen molar-refractivity contribution >= 4 is 27.8 Å². The molecule has 2 aliphatic rings. The normalized spacial score (nSPS) is 17.6. The minimum absolute atomic E-state index is 0.0861. The van der Waals surface area contributed by atoms with E-state index in [1.54, 1.807) is 6.08 Å². The zero-order valence-corrected chi connectivity index (χ0v) is 19.0. The third-order valence-corrected chi connectivity index (χ3v) is 6.49. The van der Waals surface area contributed by atoms with Crippen LogP contribution in [0.4, 0.5) is 0 Å². The molecule has 1 unspecified atom stereocenters. The van der Waals surface area contributed by atoms with Crippen molar-refractivity contribution < 1.29 is 14.3 Å². The third kappa shape index (κ3) is 3.68. The lowest BCUT2D eigenvalue weighted by Crippen LogP contribution is -2.34. The molecule has 5 rings (SSSR count). The van der Waals surface area contributed by atoms with Gasteiger partial charge in [0, 0.05) is 28.2 Å². The summed E-state index contributed by atoms with van der Waals surface area (Å²) >= 11 is 3.43. The zero-order valence-electron chi connectivity index (χ0n) is 17.4. The number of hydrogen-bond donors (Lipinski definition) is 0. The van der Waals surface area contributed by atoms with Gasteiger partial charge in [0.1, 0.15) is 18.2 Å². The molecule has 0 bridgehead atoms. The van der Waals surface area contributed by atoms with Crippen LogP contribution in [0.2, 0.25) is 0 Å². The highest BCUT2D eigenvalue weighted by molar-refractivity contribution is 9.10. The molecule has 0 fully saturated rings. The van der Waals surface area contributed by atoms with E-state index in [0.717, 1.165) is 33.5 Å². The molecule has 0 amide bonds. The summed E-state index contributed by atoms with van der Waals surface area (Å²) in [5.41, 5.74) is 4.67. The maximum absolute atomic E-state index is 13.1. The number of hydrogen-bond acceptors (Lipinski definition) is 4. The summed E-state index contributed by atoms with van der Waals surface area (Å²) in [6, 6.07) is 20.3. The van der Waals surface area contributed by atoms with Crippen molar-refractivity contribution in [2.75, 3.05) is 6.73 Å². The molecule has 0 aliphatic carbocycles. The van der Waals surface area contributed by atoms with Crippen LogP contribution in [-0.4, -0.2) is 17.4 Å². The van der Waals surface area contributed by atoms with Crippen molar-refractivity contribution in [2.24, 2.45) is 0 Å². The fourth-order valence-corrected chi connectivity index (χ4v) is 4.43. The Bertz CT molecular complexity index is 1190. The average molecular weight is 476 g/mol. The van der Waals surface area contributed by atoms with Crippen LogP contribution in [0.25, 0.3) is 6.08 Å². The first kappa shape index (κ1) is 20.0. The van der Waals surface area contributed by atoms with Gasteiger partial charge in [-0.25, -0.2) is 0 Å². The molecule has 0 radical (unpaired) electrons. The van der Waals surface area contributed by atoms with E-state index in [2.05, 4.69) is 52.0 Å². The number of allylic oxidation sites excluding steroid dienone is 1. The van der Waals surface area contributed by atoms with Gasteiger partial charge in [0.15, 0.2) is 5.76 Å². The predicted octanol–water partition coefficient (Wildman–Crippen LogP) is 6.29. The standard InChI is InChI=1S/C26H22BrNO3/c1-16-25-20(14-28(15-30-25)17(2)19-6-4-3-5-7-19)13-22-24(29)23(31-26(16)22)12-18-8-10-21(27)11-9-18/h3-13,17H,14-15H2,1-2H3/b23-12-. The second kappa shape index (κ2) is 7.98. The number of carbonyl (C=O) groups excluding carboxylic acids is 1. The second-order valence-electron chi connectivity index (χ2n) is 7.96. The molecule has 2 aliphatic heterocycles. The van der Waals surface area contributed by atoms with Crippen LogP contribution in [0, 0.1) is 6.92 Å². The molecule has 0 saturated carbocycles. The summed E-state index contributed by atoms with van der Waals surface area (Å²) in [6.45, 7) is 5.36. The van der Waals surface area contributed by atoms with Crippen LogP contribution in [0.3, 0.4) is 0 Å². The van der Waals surface area contributed by atoms with E-state index >= 15 is 0 Å². The summed E-state index contributed by atoms with van der Waals surface area (Å²) in [7, 11) is 0. The van der Waals surface area contributed by atoms with Crippen molar-refractivity contribution in [2.45, 2.75) is 26.4 Å². The molecule has 3 aromatic carbocycles. The van der Waals surface area contributed by atoms with Crippen LogP contribution in [0.1, 0.15) is 45.6 Å². The second-order valence-corrected chi connectivity index (χ2v) is 8.88. The number of fused-ring (bicyclic) bond motifs is 2. The number of Topliss-reactive ketones (excluding diaryl/α,β-unsaturated/α-hetero) is 1. The third-order valence-electron chi connectivity index (χ3n) is 5.96. The van der Waals surface area contributed by atoms with Gasteiger partial charge in [-0.2, -0.15) is 0 Å². The summed E-state index contributed by atoms with van der Waals surface area (Å²) in [5, 5.41) is 0. The quantitative estimate of drug-likeness (QED) is 0.417. The Morgan fingerprint density at radius 2 is 1.81 bits per heavy atom. The van der Waals surface area contributed by atoms with Crippen LogP contribution in [0.5, 0.6) is 11.5 Å². The Kier molecular flexibility index (Phi) is 5.16. The zero-order chi connectivity index (χ0) is 21.5. The smallest absolute Gasteiger partial charge is 0.231 e. The Labute approximate surface area is 190 Å². The highest BCUT2D eigenvalue weighted by Gasteiger charge is 2.34. The van der Waals surface area contributed by atoms with Crippen molar-refractivity contribution in [3.8, 4) is 11.5 Å². The number of ether oxygens (including phenoxy) is 2. The average Bonchev–Trinajstić information content (AvgIpc) is 3.11. The van der Waals surface area contributed by atoms with E-state index in [1.807, 2.05) is 43.3 Å². The highest BCUT2D eigenvalue weighted by atomic mass is 79.9. The molecule has 156 valence electrons. The van der Waals surface area contributed by atoms with Gasteiger partial charge >= 0.3 is 0 Å². The lowest BCUT2D eigenvalue weighted by Gasteiger charge is -2.34. The van der Waals surface area contributed by atoms with Crippen molar-refractivity contribution in [1.29, 1.82) is 0 Å². The maximum atomic E-state index is 13.1. The minimum atomic E-state index is -0.0861. The number of carbonyl (C=O) groups is 1. The van der Waals surface area contributed by atoms with Gasteiger partial charge in [0.2, 0.25) is 5.78 Å². The Balaban J connectivity index is 1.45. The highest BCUT2D eigenvalue weighted by Crippen LogP contribution is 2.44. The van der Waals surface area contributed by atoms with Gasteiger partial charge in [0.05, 0.1) is 5.56 Å². The molecule has 0 spiro atoms. The van der Waals surface area contributed by atoms with Crippen molar-refractivity contribution in [1.82, 2.24) is 4.90 Å². The Hall–Kier alpha value is -2.89. The largest absolute Gasteiger partial charge is 0.477 e. The van der Waals surface area contributed by atoms with Gasteiger partial charge in [-0.15, -0.1) is 0 Å². The van der Waals surface area contributed by atoms with Crippen LogP contribution in [-0.2, 0) is 6.54 Å². The monoisotopic (exact) mass is 475 g/mol. The van der Waals surface area contributed by atoms with Gasteiger partial charge < -0.3 is 9.47 Å². The van der Waals surface area contributed by atoms with Gasteiger partial charge in [-0.1, -0.05) is 58.4 Å². The molecule has 31 heavy (non-hydrogen) atoms. The minimum Gasteiger partial charge on any atom is -0.477 e. The van der Waals surface area contributed by atoms with E-state index in [9.17, 15) is 4.79 Å². The topological polar surface area (TPSA) is 38.8 Å². The molecule has 2 heterocycles. The van der Waals surface area contributed by atoms with Gasteiger partial charge in [-0.3, -0.25) is 9.69 Å². The fraction of sp³-hybridized carbons (Fsp3) is 0.192.